The highest BCUT2D eigenvalue weighted by Gasteiger charge is 2.01. The molecule has 1 aromatic rings. The van der Waals surface area contributed by atoms with Crippen LogP contribution < -0.4 is 10.6 Å². The van der Waals surface area contributed by atoms with E-state index < -0.39 is 5.97 Å². The van der Waals surface area contributed by atoms with Crippen molar-refractivity contribution in [1.29, 1.82) is 0 Å². The number of unbranched alkanes of at least 4 members (excludes halogenated alkanes) is 1. The van der Waals surface area contributed by atoms with Crippen LogP contribution in [0.1, 0.15) is 30.7 Å². The zero-order chi connectivity index (χ0) is 14.1. The van der Waals surface area contributed by atoms with E-state index >= 15 is 0 Å². The van der Waals surface area contributed by atoms with Crippen LogP contribution in [-0.4, -0.2) is 33.6 Å². The van der Waals surface area contributed by atoms with Gasteiger partial charge in [-0.15, -0.1) is 0 Å². The molecular weight excluding hydrogens is 248 g/mol. The predicted octanol–water partition coefficient (Wildman–Crippen LogP) is 0.839. The summed E-state index contributed by atoms with van der Waals surface area (Å²) in [4.78, 5) is 29.8. The molecule has 2 amide bonds. The van der Waals surface area contributed by atoms with Gasteiger partial charge in [0.15, 0.2) is 0 Å². The molecule has 0 radical (unpaired) electrons. The molecule has 7 nitrogen and oxygen atoms in total. The quantitative estimate of drug-likeness (QED) is 0.634. The lowest BCUT2D eigenvalue weighted by atomic mass is 10.2. The summed E-state index contributed by atoms with van der Waals surface area (Å²) in [6, 6.07) is -0.294. The first-order valence-electron chi connectivity index (χ1n) is 6.09. The fraction of sp³-hybridized carbons (Fsp3) is 0.500. The number of urea groups is 1. The van der Waals surface area contributed by atoms with Gasteiger partial charge in [-0.1, -0.05) is 0 Å². The second-order valence-electron chi connectivity index (χ2n) is 4.11. The lowest BCUT2D eigenvalue weighted by Crippen LogP contribution is -2.35. The minimum atomic E-state index is -0.817. The topological polar surface area (TPSA) is 104 Å². The van der Waals surface area contributed by atoms with Gasteiger partial charge in [0.25, 0.3) is 0 Å². The van der Waals surface area contributed by atoms with E-state index in [-0.39, 0.29) is 12.5 Å². The van der Waals surface area contributed by atoms with Crippen molar-refractivity contribution in [3.63, 3.8) is 0 Å². The van der Waals surface area contributed by atoms with Crippen molar-refractivity contribution in [1.82, 2.24) is 20.6 Å². The number of carbonyl (C=O) groups is 2. The maximum atomic E-state index is 11.4. The molecule has 0 saturated carbocycles. The van der Waals surface area contributed by atoms with Crippen LogP contribution in [0.4, 0.5) is 4.79 Å². The SMILES string of the molecule is Cc1cnc(CNC(=O)NCCCCC(=O)O)cn1. The van der Waals surface area contributed by atoms with E-state index in [0.29, 0.717) is 31.6 Å². The molecule has 0 fully saturated rings. The first kappa shape index (κ1) is 14.9. The van der Waals surface area contributed by atoms with Crippen molar-refractivity contribution in [2.75, 3.05) is 6.54 Å². The Hall–Kier alpha value is -2.18. The molecule has 1 heterocycles. The summed E-state index contributed by atoms with van der Waals surface area (Å²) in [5.74, 6) is -0.817. The van der Waals surface area contributed by atoms with Crippen molar-refractivity contribution in [2.45, 2.75) is 32.7 Å². The molecule has 0 bridgehead atoms. The Bertz CT molecular complexity index is 419. The zero-order valence-corrected chi connectivity index (χ0v) is 10.8. The Labute approximate surface area is 111 Å². The molecular formula is C12H18N4O3. The molecule has 0 aliphatic heterocycles. The third-order valence-electron chi connectivity index (χ3n) is 2.37. The predicted molar refractivity (Wildman–Crippen MR) is 68.5 cm³/mol. The maximum absolute atomic E-state index is 11.4. The number of nitrogens with one attached hydrogen (secondary N) is 2. The summed E-state index contributed by atoms with van der Waals surface area (Å²) in [6.07, 6.45) is 4.58. The van der Waals surface area contributed by atoms with Crippen molar-refractivity contribution in [3.8, 4) is 0 Å². The van der Waals surface area contributed by atoms with Crippen molar-refractivity contribution in [3.05, 3.63) is 23.8 Å². The van der Waals surface area contributed by atoms with Gasteiger partial charge in [-0.25, -0.2) is 4.79 Å². The van der Waals surface area contributed by atoms with Crippen LogP contribution in [0.15, 0.2) is 12.4 Å². The monoisotopic (exact) mass is 266 g/mol. The second kappa shape index (κ2) is 8.02. The molecule has 1 rings (SSSR count). The summed E-state index contributed by atoms with van der Waals surface area (Å²) in [7, 11) is 0. The largest absolute Gasteiger partial charge is 0.481 e. The molecule has 3 N–H and O–H groups in total. The minimum absolute atomic E-state index is 0.127. The fourth-order valence-electron chi connectivity index (χ4n) is 1.35. The molecule has 0 saturated heterocycles. The number of carboxylic acids is 1. The zero-order valence-electron chi connectivity index (χ0n) is 10.8. The Morgan fingerprint density at radius 1 is 1.21 bits per heavy atom. The van der Waals surface area contributed by atoms with Gasteiger partial charge in [0.2, 0.25) is 0 Å². The second-order valence-corrected chi connectivity index (χ2v) is 4.11. The van der Waals surface area contributed by atoms with Gasteiger partial charge in [0.05, 0.1) is 24.1 Å². The van der Waals surface area contributed by atoms with Crippen LogP contribution in [0.3, 0.4) is 0 Å². The van der Waals surface area contributed by atoms with E-state index in [1.165, 1.54) is 0 Å². The van der Waals surface area contributed by atoms with Crippen molar-refractivity contribution in [2.24, 2.45) is 0 Å². The van der Waals surface area contributed by atoms with Gasteiger partial charge < -0.3 is 15.7 Å². The Morgan fingerprint density at radius 2 is 2.00 bits per heavy atom. The van der Waals surface area contributed by atoms with Crippen LogP contribution in [-0.2, 0) is 11.3 Å². The van der Waals surface area contributed by atoms with E-state index in [0.717, 1.165) is 5.69 Å². The van der Waals surface area contributed by atoms with Crippen LogP contribution in [0.25, 0.3) is 0 Å². The number of nitrogens with zero attached hydrogens (tertiary/aromatic N) is 2. The van der Waals surface area contributed by atoms with E-state index in [9.17, 15) is 9.59 Å². The lowest BCUT2D eigenvalue weighted by Gasteiger charge is -2.06. The van der Waals surface area contributed by atoms with Crippen LogP contribution >= 0.6 is 0 Å². The average molecular weight is 266 g/mol. The number of amides is 2. The summed E-state index contributed by atoms with van der Waals surface area (Å²) < 4.78 is 0. The number of rotatable bonds is 7. The molecule has 0 aliphatic rings. The molecule has 7 heteroatoms. The van der Waals surface area contributed by atoms with Gasteiger partial charge >= 0.3 is 12.0 Å². The molecule has 104 valence electrons. The highest BCUT2D eigenvalue weighted by atomic mass is 16.4. The standard InChI is InChI=1S/C12H18N4O3/c1-9-6-15-10(7-14-9)8-16-12(19)13-5-3-2-4-11(17)18/h6-7H,2-5,8H2,1H3,(H,17,18)(H2,13,16,19). The molecule has 0 aromatic carbocycles. The number of hydrogen-bond donors (Lipinski definition) is 3. The number of aryl methyl sites for hydroxylation is 1. The fourth-order valence-corrected chi connectivity index (χ4v) is 1.35. The Balaban J connectivity index is 2.11. The van der Waals surface area contributed by atoms with Crippen LogP contribution in [0, 0.1) is 6.92 Å². The summed E-state index contributed by atoms with van der Waals surface area (Å²) >= 11 is 0. The van der Waals surface area contributed by atoms with Gasteiger partial charge in [-0.05, 0) is 19.8 Å². The number of carboxylic acid groups (broad SMARTS) is 1. The Kier molecular flexibility index (Phi) is 6.28. The first-order chi connectivity index (χ1) is 9.08. The van der Waals surface area contributed by atoms with E-state index in [1.807, 2.05) is 6.92 Å². The van der Waals surface area contributed by atoms with E-state index in [4.69, 9.17) is 5.11 Å². The smallest absolute Gasteiger partial charge is 0.315 e. The third kappa shape index (κ3) is 6.97. The maximum Gasteiger partial charge on any atom is 0.315 e. The molecule has 1 aromatic heterocycles. The molecule has 0 aliphatic carbocycles. The highest BCUT2D eigenvalue weighted by Crippen LogP contribution is 1.94. The van der Waals surface area contributed by atoms with Crippen LogP contribution in [0.5, 0.6) is 0 Å². The Morgan fingerprint density at radius 3 is 2.63 bits per heavy atom. The highest BCUT2D eigenvalue weighted by molar-refractivity contribution is 5.73. The van der Waals surface area contributed by atoms with E-state index in [1.54, 1.807) is 12.4 Å². The molecule has 0 spiro atoms. The van der Waals surface area contributed by atoms with Gasteiger partial charge in [0, 0.05) is 19.2 Å². The van der Waals surface area contributed by atoms with E-state index in [2.05, 4.69) is 20.6 Å². The lowest BCUT2D eigenvalue weighted by molar-refractivity contribution is -0.137. The molecule has 0 unspecified atom stereocenters. The van der Waals surface area contributed by atoms with Crippen molar-refractivity contribution >= 4 is 12.0 Å². The van der Waals surface area contributed by atoms with Crippen molar-refractivity contribution < 1.29 is 14.7 Å². The molecule has 0 atom stereocenters. The number of aromatic nitrogens is 2. The number of aliphatic carboxylic acids is 1. The normalized spacial score (nSPS) is 9.95. The van der Waals surface area contributed by atoms with Gasteiger partial charge in [-0.2, -0.15) is 0 Å². The van der Waals surface area contributed by atoms with Gasteiger partial charge in [-0.3, -0.25) is 14.8 Å². The average Bonchev–Trinajstić information content (AvgIpc) is 2.37. The summed E-state index contributed by atoms with van der Waals surface area (Å²) in [5.41, 5.74) is 1.51. The summed E-state index contributed by atoms with van der Waals surface area (Å²) in [6.45, 7) is 2.61. The number of carbonyl (C=O) groups excluding carboxylic acids is 1. The minimum Gasteiger partial charge on any atom is -0.481 e. The molecule has 19 heavy (non-hydrogen) atoms. The first-order valence-corrected chi connectivity index (χ1v) is 6.09. The number of hydrogen-bond acceptors (Lipinski definition) is 4. The van der Waals surface area contributed by atoms with Gasteiger partial charge in [0.1, 0.15) is 0 Å². The van der Waals surface area contributed by atoms with Crippen LogP contribution in [0.2, 0.25) is 0 Å². The third-order valence-corrected chi connectivity index (χ3v) is 2.37. The summed E-state index contributed by atoms with van der Waals surface area (Å²) in [5, 5.41) is 13.7.